The SMILES string of the molecule is COCC(=O)Nc1ccc(N2C(=S)N[C@H](c3ccccn3)[C@@H]2c2cc(C)n(-c3cccc(C(=O)OC)c3)c2C)cc1Cl. The van der Waals surface area contributed by atoms with E-state index in [1.165, 1.54) is 14.2 Å². The van der Waals surface area contributed by atoms with Crippen molar-refractivity contribution in [2.75, 3.05) is 31.0 Å². The maximum Gasteiger partial charge on any atom is 0.337 e. The van der Waals surface area contributed by atoms with E-state index in [0.29, 0.717) is 21.4 Å². The smallest absolute Gasteiger partial charge is 0.337 e. The number of aryl methyl sites for hydroxylation is 1. The van der Waals surface area contributed by atoms with Crippen LogP contribution < -0.4 is 15.5 Å². The van der Waals surface area contributed by atoms with E-state index in [2.05, 4.69) is 26.3 Å². The summed E-state index contributed by atoms with van der Waals surface area (Å²) in [6.45, 7) is 3.99. The fourth-order valence-electron chi connectivity index (χ4n) is 5.40. The van der Waals surface area contributed by atoms with E-state index in [0.717, 1.165) is 34.0 Å². The van der Waals surface area contributed by atoms with Gasteiger partial charge in [0.15, 0.2) is 5.11 Å². The average Bonchev–Trinajstić information content (AvgIpc) is 3.48. The van der Waals surface area contributed by atoms with Crippen LogP contribution in [0.2, 0.25) is 5.02 Å². The number of rotatable bonds is 8. The summed E-state index contributed by atoms with van der Waals surface area (Å²) in [5.41, 5.74) is 6.35. The van der Waals surface area contributed by atoms with Crippen LogP contribution in [0.1, 0.15) is 45.1 Å². The number of amides is 1. The van der Waals surface area contributed by atoms with Gasteiger partial charge >= 0.3 is 5.97 Å². The van der Waals surface area contributed by atoms with Crippen LogP contribution in [0.3, 0.4) is 0 Å². The summed E-state index contributed by atoms with van der Waals surface area (Å²) >= 11 is 12.5. The first-order valence-corrected chi connectivity index (χ1v) is 14.0. The number of carbonyl (C=O) groups is 2. The standard InChI is InChI=1S/C31H30ClN5O4S/c1-18-14-23(19(2)36(18)21-9-7-8-20(15-21)30(39)41-4)29-28(26-10-5-6-13-33-26)35-31(42)37(29)22-11-12-25(24(32)16-22)34-27(38)17-40-3/h5-16,28-29H,17H2,1-4H3,(H,34,38)(H,35,42)/t28-,29+/m1/s1. The highest BCUT2D eigenvalue weighted by molar-refractivity contribution is 7.80. The van der Waals surface area contributed by atoms with Gasteiger partial charge in [0.2, 0.25) is 5.91 Å². The van der Waals surface area contributed by atoms with Gasteiger partial charge < -0.3 is 29.6 Å². The summed E-state index contributed by atoms with van der Waals surface area (Å²) in [6.07, 6.45) is 1.76. The van der Waals surface area contributed by atoms with E-state index in [9.17, 15) is 9.59 Å². The van der Waals surface area contributed by atoms with Gasteiger partial charge in [-0.15, -0.1) is 0 Å². The summed E-state index contributed by atoms with van der Waals surface area (Å²) < 4.78 is 12.0. The molecular formula is C31H30ClN5O4S. The molecule has 2 aromatic heterocycles. The second-order valence-electron chi connectivity index (χ2n) is 9.85. The average molecular weight is 604 g/mol. The van der Waals surface area contributed by atoms with Crippen LogP contribution >= 0.6 is 23.8 Å². The number of carbonyl (C=O) groups excluding carboxylic acids is 2. The molecule has 1 aliphatic rings. The molecule has 0 spiro atoms. The fraction of sp³-hybridized carbons (Fsp3) is 0.226. The quantitative estimate of drug-likeness (QED) is 0.196. The monoisotopic (exact) mass is 603 g/mol. The molecule has 42 heavy (non-hydrogen) atoms. The molecule has 0 saturated carbocycles. The van der Waals surface area contributed by atoms with Gasteiger partial charge in [0, 0.05) is 36.1 Å². The molecule has 5 rings (SSSR count). The lowest BCUT2D eigenvalue weighted by Gasteiger charge is -2.28. The third-order valence-electron chi connectivity index (χ3n) is 7.19. The minimum atomic E-state index is -0.398. The molecule has 0 aliphatic carbocycles. The van der Waals surface area contributed by atoms with Crippen molar-refractivity contribution in [3.63, 3.8) is 0 Å². The summed E-state index contributed by atoms with van der Waals surface area (Å²) in [4.78, 5) is 31.0. The van der Waals surface area contributed by atoms with Gasteiger partial charge in [0.05, 0.1) is 41.2 Å². The molecule has 1 fully saturated rings. The lowest BCUT2D eigenvalue weighted by atomic mass is 9.96. The highest BCUT2D eigenvalue weighted by Gasteiger charge is 2.42. The Balaban J connectivity index is 1.61. The highest BCUT2D eigenvalue weighted by Crippen LogP contribution is 2.44. The molecule has 1 amide bonds. The van der Waals surface area contributed by atoms with Crippen molar-refractivity contribution in [1.82, 2.24) is 14.9 Å². The van der Waals surface area contributed by atoms with Gasteiger partial charge in [-0.25, -0.2) is 4.79 Å². The first-order chi connectivity index (χ1) is 20.2. The molecule has 0 bridgehead atoms. The van der Waals surface area contributed by atoms with Crippen LogP contribution in [0.25, 0.3) is 5.69 Å². The van der Waals surface area contributed by atoms with Crippen molar-refractivity contribution in [2.24, 2.45) is 0 Å². The highest BCUT2D eigenvalue weighted by atomic mass is 35.5. The number of hydrogen-bond donors (Lipinski definition) is 2. The fourth-order valence-corrected chi connectivity index (χ4v) is 5.96. The Bertz CT molecular complexity index is 1660. The molecule has 3 heterocycles. The lowest BCUT2D eigenvalue weighted by molar-refractivity contribution is -0.119. The number of benzene rings is 2. The maximum absolute atomic E-state index is 12.3. The second-order valence-corrected chi connectivity index (χ2v) is 10.6. The van der Waals surface area contributed by atoms with E-state index >= 15 is 0 Å². The number of nitrogens with one attached hydrogen (secondary N) is 2. The molecular weight excluding hydrogens is 574 g/mol. The molecule has 0 unspecified atom stereocenters. The Morgan fingerprint density at radius 1 is 1.05 bits per heavy atom. The van der Waals surface area contributed by atoms with Gasteiger partial charge in [-0.05, 0) is 86.2 Å². The number of methoxy groups -OCH3 is 2. The Morgan fingerprint density at radius 2 is 1.86 bits per heavy atom. The van der Waals surface area contributed by atoms with Crippen LogP contribution in [-0.4, -0.2) is 47.4 Å². The third-order valence-corrected chi connectivity index (χ3v) is 7.82. The zero-order chi connectivity index (χ0) is 30.0. The maximum atomic E-state index is 12.3. The molecule has 4 aromatic rings. The van der Waals surface area contributed by atoms with E-state index in [-0.39, 0.29) is 24.6 Å². The van der Waals surface area contributed by atoms with Crippen molar-refractivity contribution in [3.8, 4) is 5.69 Å². The molecule has 0 radical (unpaired) electrons. The Morgan fingerprint density at radius 3 is 2.55 bits per heavy atom. The molecule has 9 nitrogen and oxygen atoms in total. The molecule has 2 N–H and O–H groups in total. The Hall–Kier alpha value is -4.25. The van der Waals surface area contributed by atoms with E-state index in [1.54, 1.807) is 24.4 Å². The summed E-state index contributed by atoms with van der Waals surface area (Å²) in [7, 11) is 2.82. The lowest BCUT2D eigenvalue weighted by Crippen LogP contribution is -2.29. The van der Waals surface area contributed by atoms with Crippen LogP contribution in [0.15, 0.2) is 72.9 Å². The Kier molecular flexibility index (Phi) is 8.58. The number of anilines is 2. The van der Waals surface area contributed by atoms with Gasteiger partial charge in [-0.3, -0.25) is 9.78 Å². The van der Waals surface area contributed by atoms with Crippen molar-refractivity contribution < 1.29 is 19.1 Å². The number of thiocarbonyl (C=S) groups is 1. The number of halogens is 1. The van der Waals surface area contributed by atoms with E-state index < -0.39 is 5.97 Å². The van der Waals surface area contributed by atoms with Gasteiger partial charge in [0.1, 0.15) is 6.61 Å². The first-order valence-electron chi connectivity index (χ1n) is 13.2. The zero-order valence-corrected chi connectivity index (χ0v) is 25.1. The number of esters is 1. The van der Waals surface area contributed by atoms with E-state index in [4.69, 9.17) is 33.3 Å². The van der Waals surface area contributed by atoms with Crippen molar-refractivity contribution >= 4 is 52.2 Å². The van der Waals surface area contributed by atoms with E-state index in [1.807, 2.05) is 61.2 Å². The molecule has 1 aliphatic heterocycles. The van der Waals surface area contributed by atoms with Gasteiger partial charge in [0.25, 0.3) is 0 Å². The first kappa shape index (κ1) is 29.2. The van der Waals surface area contributed by atoms with Crippen LogP contribution in [-0.2, 0) is 14.3 Å². The molecule has 11 heteroatoms. The molecule has 2 aromatic carbocycles. The summed E-state index contributed by atoms with van der Waals surface area (Å²) in [5.74, 6) is -0.702. The normalized spacial score (nSPS) is 16.3. The van der Waals surface area contributed by atoms with Gasteiger partial charge in [-0.2, -0.15) is 0 Å². The predicted molar refractivity (Wildman–Crippen MR) is 166 cm³/mol. The summed E-state index contributed by atoms with van der Waals surface area (Å²) in [5, 5.41) is 7.12. The summed E-state index contributed by atoms with van der Waals surface area (Å²) in [6, 6.07) is 20.1. The van der Waals surface area contributed by atoms with Crippen LogP contribution in [0, 0.1) is 13.8 Å². The zero-order valence-electron chi connectivity index (χ0n) is 23.6. The van der Waals surface area contributed by atoms with Gasteiger partial charge in [-0.1, -0.05) is 23.7 Å². The minimum absolute atomic E-state index is 0.0792. The Labute approximate surface area is 254 Å². The number of pyridine rings is 1. The number of aromatic nitrogens is 2. The van der Waals surface area contributed by atoms with Crippen LogP contribution in [0.5, 0.6) is 0 Å². The van der Waals surface area contributed by atoms with Crippen molar-refractivity contribution in [2.45, 2.75) is 25.9 Å². The molecule has 2 atom stereocenters. The largest absolute Gasteiger partial charge is 0.465 e. The third kappa shape index (κ3) is 5.61. The number of nitrogens with zero attached hydrogens (tertiary/aromatic N) is 3. The molecule has 1 saturated heterocycles. The van der Waals surface area contributed by atoms with Crippen molar-refractivity contribution in [3.05, 3.63) is 106 Å². The van der Waals surface area contributed by atoms with Crippen LogP contribution in [0.4, 0.5) is 11.4 Å². The number of hydrogen-bond acceptors (Lipinski definition) is 6. The second kappa shape index (κ2) is 12.3. The predicted octanol–water partition coefficient (Wildman–Crippen LogP) is 5.69. The van der Waals surface area contributed by atoms with Crippen molar-refractivity contribution in [1.29, 1.82) is 0 Å². The molecule has 216 valence electrons. The topological polar surface area (TPSA) is 97.7 Å². The minimum Gasteiger partial charge on any atom is -0.465 e. The number of ether oxygens (including phenoxy) is 2.